The second-order valence-corrected chi connectivity index (χ2v) is 4.87. The van der Waals surface area contributed by atoms with Crippen LogP contribution in [0, 0.1) is 0 Å². The molecule has 0 radical (unpaired) electrons. The Morgan fingerprint density at radius 1 is 1.47 bits per heavy atom. The van der Waals surface area contributed by atoms with Gasteiger partial charge in [-0.2, -0.15) is 4.76 Å². The summed E-state index contributed by atoms with van der Waals surface area (Å²) < 4.78 is 25.0. The van der Waals surface area contributed by atoms with Gasteiger partial charge >= 0.3 is 7.75 Å². The number of nitrogens with one attached hydrogen (secondary N) is 1. The van der Waals surface area contributed by atoms with E-state index in [0.29, 0.717) is 5.84 Å². The fourth-order valence-electron chi connectivity index (χ4n) is 0.851. The van der Waals surface area contributed by atoms with Gasteiger partial charge in [0.05, 0.1) is 0 Å². The second-order valence-electron chi connectivity index (χ2n) is 3.01. The van der Waals surface area contributed by atoms with Crippen LogP contribution >= 0.6 is 7.75 Å². The third kappa shape index (κ3) is 5.28. The van der Waals surface area contributed by atoms with Crippen molar-refractivity contribution >= 4 is 13.6 Å². The van der Waals surface area contributed by atoms with Gasteiger partial charge in [0.25, 0.3) is 0 Å². The molecule has 0 aromatic carbocycles. The molecule has 0 fully saturated rings. The van der Waals surface area contributed by atoms with Crippen LogP contribution in [0.5, 0.6) is 0 Å². The summed E-state index contributed by atoms with van der Waals surface area (Å²) in [4.78, 5) is 1.88. The first-order chi connectivity index (χ1) is 6.99. The Morgan fingerprint density at radius 3 is 2.40 bits per heavy atom. The molecule has 0 aliphatic carbocycles. The van der Waals surface area contributed by atoms with Crippen molar-refractivity contribution in [2.45, 2.75) is 6.92 Å². The highest BCUT2D eigenvalue weighted by Gasteiger charge is 2.20. The molecule has 0 bridgehead atoms. The summed E-state index contributed by atoms with van der Waals surface area (Å²) in [6, 6.07) is 0. The zero-order valence-electron chi connectivity index (χ0n) is 9.98. The van der Waals surface area contributed by atoms with E-state index in [2.05, 4.69) is 10.1 Å². The molecule has 0 heterocycles. The van der Waals surface area contributed by atoms with Crippen LogP contribution in [0.2, 0.25) is 0 Å². The Kier molecular flexibility index (Phi) is 6.76. The number of amidine groups is 1. The van der Waals surface area contributed by atoms with E-state index in [1.807, 2.05) is 19.0 Å². The van der Waals surface area contributed by atoms with Crippen LogP contribution < -0.4 is 5.32 Å². The van der Waals surface area contributed by atoms with Gasteiger partial charge < -0.3 is 10.2 Å². The second kappa shape index (κ2) is 6.95. The maximum Gasteiger partial charge on any atom is 0.454 e. The topological polar surface area (TPSA) is 63.2 Å². The zero-order valence-corrected chi connectivity index (χ0v) is 10.9. The van der Waals surface area contributed by atoms with Gasteiger partial charge in [0.2, 0.25) is 0 Å². The minimum atomic E-state index is -3.30. The van der Waals surface area contributed by atoms with Crippen LogP contribution in [0.4, 0.5) is 0 Å². The molecule has 0 unspecified atom stereocenters. The minimum absolute atomic E-state index is 0.622. The van der Waals surface area contributed by atoms with E-state index in [9.17, 15) is 4.57 Å². The number of nitrogens with zero attached hydrogens (tertiary/aromatic N) is 2. The Hall–Kier alpha value is -0.420. The van der Waals surface area contributed by atoms with Gasteiger partial charge in [0, 0.05) is 34.4 Å². The SMILES string of the molecule is CNCCN(C)/C(C)=N\P(=O)(OC)OC. The third-order valence-corrected chi connectivity index (χ3v) is 3.44. The first kappa shape index (κ1) is 14.6. The van der Waals surface area contributed by atoms with Crippen LogP contribution in [-0.4, -0.2) is 52.1 Å². The maximum absolute atomic E-state index is 11.7. The zero-order chi connectivity index (χ0) is 11.9. The molecule has 0 saturated heterocycles. The highest BCUT2D eigenvalue weighted by Crippen LogP contribution is 2.48. The van der Waals surface area contributed by atoms with Gasteiger partial charge in [0.1, 0.15) is 5.84 Å². The molecule has 0 rings (SSSR count). The normalized spacial score (nSPS) is 13.0. The fraction of sp³-hybridized carbons (Fsp3) is 0.875. The van der Waals surface area contributed by atoms with Gasteiger partial charge in [-0.25, -0.2) is 4.57 Å². The Morgan fingerprint density at radius 2 is 2.00 bits per heavy atom. The van der Waals surface area contributed by atoms with Gasteiger partial charge in [0.15, 0.2) is 0 Å². The molecule has 0 aromatic rings. The molecular weight excluding hydrogens is 217 g/mol. The lowest BCUT2D eigenvalue weighted by atomic mass is 10.5. The van der Waals surface area contributed by atoms with Crippen molar-refractivity contribution in [2.75, 3.05) is 41.4 Å². The molecular formula is C8H20N3O3P. The summed E-state index contributed by atoms with van der Waals surface area (Å²) in [5.74, 6) is 0.622. The van der Waals surface area contributed by atoms with Crippen LogP contribution in [0.3, 0.4) is 0 Å². The van der Waals surface area contributed by atoms with E-state index >= 15 is 0 Å². The maximum atomic E-state index is 11.7. The Labute approximate surface area is 91.2 Å². The lowest BCUT2D eigenvalue weighted by Crippen LogP contribution is -2.31. The fourth-order valence-corrected chi connectivity index (χ4v) is 1.67. The van der Waals surface area contributed by atoms with Crippen molar-refractivity contribution in [1.82, 2.24) is 10.2 Å². The van der Waals surface area contributed by atoms with Crippen LogP contribution in [0.25, 0.3) is 0 Å². The van der Waals surface area contributed by atoms with E-state index in [0.717, 1.165) is 13.1 Å². The van der Waals surface area contributed by atoms with Crippen molar-refractivity contribution < 1.29 is 13.6 Å². The number of hydrogen-bond donors (Lipinski definition) is 1. The first-order valence-electron chi connectivity index (χ1n) is 4.63. The lowest BCUT2D eigenvalue weighted by Gasteiger charge is -2.19. The Balaban J connectivity index is 4.46. The van der Waals surface area contributed by atoms with E-state index in [-0.39, 0.29) is 0 Å². The smallest absolute Gasteiger partial charge is 0.362 e. The highest BCUT2D eigenvalue weighted by molar-refractivity contribution is 7.52. The van der Waals surface area contributed by atoms with Crippen LogP contribution in [-0.2, 0) is 13.6 Å². The number of rotatable bonds is 6. The molecule has 0 amide bonds. The van der Waals surface area contributed by atoms with Gasteiger partial charge in [-0.15, -0.1) is 0 Å². The molecule has 0 spiro atoms. The molecule has 0 aromatic heterocycles. The molecule has 6 nitrogen and oxygen atoms in total. The number of likely N-dealkylation sites (N-methyl/N-ethyl adjacent to an activating group) is 2. The molecule has 0 saturated carbocycles. The molecule has 90 valence electrons. The van der Waals surface area contributed by atoms with E-state index in [1.54, 1.807) is 6.92 Å². The van der Waals surface area contributed by atoms with E-state index in [1.165, 1.54) is 14.2 Å². The summed E-state index contributed by atoms with van der Waals surface area (Å²) in [5.41, 5.74) is 0. The summed E-state index contributed by atoms with van der Waals surface area (Å²) in [5, 5.41) is 3.02. The van der Waals surface area contributed by atoms with Gasteiger partial charge in [-0.1, -0.05) is 0 Å². The summed E-state index contributed by atoms with van der Waals surface area (Å²) >= 11 is 0. The molecule has 1 N–H and O–H groups in total. The van der Waals surface area contributed by atoms with E-state index in [4.69, 9.17) is 9.05 Å². The molecule has 0 aliphatic heterocycles. The third-order valence-electron chi connectivity index (χ3n) is 1.98. The van der Waals surface area contributed by atoms with Crippen molar-refractivity contribution in [3.63, 3.8) is 0 Å². The first-order valence-corrected chi connectivity index (χ1v) is 6.12. The minimum Gasteiger partial charge on any atom is -0.362 e. The summed E-state index contributed by atoms with van der Waals surface area (Å²) in [6.07, 6.45) is 0. The van der Waals surface area contributed by atoms with Gasteiger partial charge in [-0.3, -0.25) is 9.05 Å². The quantitative estimate of drug-likeness (QED) is 0.423. The average molecular weight is 237 g/mol. The monoisotopic (exact) mass is 237 g/mol. The molecule has 0 aliphatic rings. The number of hydrogen-bond acceptors (Lipinski definition) is 4. The van der Waals surface area contributed by atoms with Crippen LogP contribution in [0.1, 0.15) is 6.92 Å². The standard InChI is InChI=1S/C8H20N3O3P/c1-8(11(3)7-6-9-2)10-15(12,13-4)14-5/h9H,6-7H2,1-5H3/b10-8-. The van der Waals surface area contributed by atoms with Crippen LogP contribution in [0.15, 0.2) is 4.76 Å². The Bertz CT molecular complexity index is 250. The molecule has 0 atom stereocenters. The van der Waals surface area contributed by atoms with Crippen molar-refractivity contribution in [3.8, 4) is 0 Å². The predicted molar refractivity (Wildman–Crippen MR) is 61.3 cm³/mol. The average Bonchev–Trinajstić information content (AvgIpc) is 2.25. The van der Waals surface area contributed by atoms with E-state index < -0.39 is 7.75 Å². The highest BCUT2D eigenvalue weighted by atomic mass is 31.2. The van der Waals surface area contributed by atoms with Gasteiger partial charge in [-0.05, 0) is 14.0 Å². The van der Waals surface area contributed by atoms with Crippen molar-refractivity contribution in [1.29, 1.82) is 0 Å². The lowest BCUT2D eigenvalue weighted by molar-refractivity contribution is 0.276. The molecule has 15 heavy (non-hydrogen) atoms. The summed E-state index contributed by atoms with van der Waals surface area (Å²) in [7, 11) is 3.07. The van der Waals surface area contributed by atoms with Crippen molar-refractivity contribution in [2.24, 2.45) is 4.76 Å². The summed E-state index contributed by atoms with van der Waals surface area (Å²) in [6.45, 7) is 3.37. The predicted octanol–water partition coefficient (Wildman–Crippen LogP) is 0.957. The van der Waals surface area contributed by atoms with Crippen molar-refractivity contribution in [3.05, 3.63) is 0 Å². The largest absolute Gasteiger partial charge is 0.454 e. The molecule has 7 heteroatoms.